The summed E-state index contributed by atoms with van der Waals surface area (Å²) >= 11 is 0. The Hall–Kier alpha value is -1.92. The third-order valence-corrected chi connectivity index (χ3v) is 3.24. The average molecular weight is 293 g/mol. The summed E-state index contributed by atoms with van der Waals surface area (Å²) in [6.07, 6.45) is 1.99. The number of amides is 1. The number of hydrogen-bond acceptors (Lipinski definition) is 4. The normalized spacial score (nSPS) is 13.4. The molecule has 0 aromatic heterocycles. The predicted octanol–water partition coefficient (Wildman–Crippen LogP) is 0.255. The molecule has 116 valence electrons. The van der Waals surface area contributed by atoms with E-state index in [0.29, 0.717) is 32.2 Å². The van der Waals surface area contributed by atoms with Crippen LogP contribution in [-0.4, -0.2) is 35.6 Å². The van der Waals surface area contributed by atoms with E-state index in [1.807, 2.05) is 30.3 Å². The fourth-order valence-electron chi connectivity index (χ4n) is 1.96. The number of benzene rings is 1. The second-order valence-electron chi connectivity index (χ2n) is 4.96. The number of nitrogens with one attached hydrogen (secondary N) is 1. The van der Waals surface area contributed by atoms with Gasteiger partial charge in [0.2, 0.25) is 5.91 Å². The highest BCUT2D eigenvalue weighted by Crippen LogP contribution is 2.05. The van der Waals surface area contributed by atoms with Crippen molar-refractivity contribution in [3.63, 3.8) is 0 Å². The van der Waals surface area contributed by atoms with Gasteiger partial charge in [0.1, 0.15) is 6.04 Å². The molecule has 0 spiro atoms. The van der Waals surface area contributed by atoms with E-state index < -0.39 is 24.0 Å². The van der Waals surface area contributed by atoms with Crippen LogP contribution in [0, 0.1) is 0 Å². The molecule has 2 atom stereocenters. The van der Waals surface area contributed by atoms with Crippen molar-refractivity contribution in [1.29, 1.82) is 0 Å². The Labute approximate surface area is 124 Å². The minimum absolute atomic E-state index is 0.309. The lowest BCUT2D eigenvalue weighted by molar-refractivity contribution is -0.142. The third kappa shape index (κ3) is 6.37. The van der Waals surface area contributed by atoms with Crippen LogP contribution in [-0.2, 0) is 16.0 Å². The zero-order valence-corrected chi connectivity index (χ0v) is 12.0. The SMILES string of the molecule is NCCC[C@H](NC(=O)[C@@H](N)CCc1ccccc1)C(=O)O. The van der Waals surface area contributed by atoms with Crippen molar-refractivity contribution in [1.82, 2.24) is 5.32 Å². The van der Waals surface area contributed by atoms with Crippen molar-refractivity contribution in [2.75, 3.05) is 6.54 Å². The average Bonchev–Trinajstić information content (AvgIpc) is 2.49. The fraction of sp³-hybridized carbons (Fsp3) is 0.467. The monoisotopic (exact) mass is 293 g/mol. The van der Waals surface area contributed by atoms with Crippen molar-refractivity contribution in [2.45, 2.75) is 37.8 Å². The number of aryl methyl sites for hydroxylation is 1. The first kappa shape index (κ1) is 17.1. The number of carboxylic acid groups (broad SMARTS) is 1. The number of rotatable bonds is 9. The molecule has 0 radical (unpaired) electrons. The number of carboxylic acids is 1. The Balaban J connectivity index is 2.43. The van der Waals surface area contributed by atoms with E-state index >= 15 is 0 Å². The van der Waals surface area contributed by atoms with Gasteiger partial charge in [0.05, 0.1) is 6.04 Å². The largest absolute Gasteiger partial charge is 0.480 e. The maximum Gasteiger partial charge on any atom is 0.326 e. The van der Waals surface area contributed by atoms with E-state index in [4.69, 9.17) is 16.6 Å². The first-order valence-electron chi connectivity index (χ1n) is 7.07. The Kier molecular flexibility index (Phi) is 7.42. The smallest absolute Gasteiger partial charge is 0.326 e. The molecule has 0 bridgehead atoms. The fourth-order valence-corrected chi connectivity index (χ4v) is 1.96. The van der Waals surface area contributed by atoms with E-state index in [0.717, 1.165) is 5.56 Å². The van der Waals surface area contributed by atoms with E-state index in [-0.39, 0.29) is 0 Å². The molecule has 6 nitrogen and oxygen atoms in total. The summed E-state index contributed by atoms with van der Waals surface area (Å²) in [4.78, 5) is 23.0. The molecule has 0 aliphatic heterocycles. The first-order chi connectivity index (χ1) is 10.0. The molecular weight excluding hydrogens is 270 g/mol. The predicted molar refractivity (Wildman–Crippen MR) is 80.6 cm³/mol. The summed E-state index contributed by atoms with van der Waals surface area (Å²) in [6, 6.07) is 8.06. The van der Waals surface area contributed by atoms with Gasteiger partial charge in [0, 0.05) is 0 Å². The van der Waals surface area contributed by atoms with E-state index in [2.05, 4.69) is 5.32 Å². The number of carbonyl (C=O) groups is 2. The number of carbonyl (C=O) groups excluding carboxylic acids is 1. The minimum Gasteiger partial charge on any atom is -0.480 e. The van der Waals surface area contributed by atoms with Gasteiger partial charge in [-0.2, -0.15) is 0 Å². The topological polar surface area (TPSA) is 118 Å². The number of aliphatic carboxylic acids is 1. The summed E-state index contributed by atoms with van der Waals surface area (Å²) in [5.74, 6) is -1.50. The van der Waals surface area contributed by atoms with Gasteiger partial charge in [-0.25, -0.2) is 4.79 Å². The second kappa shape index (κ2) is 9.10. The maximum absolute atomic E-state index is 11.9. The first-order valence-corrected chi connectivity index (χ1v) is 7.07. The van der Waals surface area contributed by atoms with Gasteiger partial charge >= 0.3 is 5.97 Å². The van der Waals surface area contributed by atoms with Crippen molar-refractivity contribution >= 4 is 11.9 Å². The molecule has 1 rings (SSSR count). The standard InChI is InChI=1S/C15H23N3O3/c16-10-4-7-13(15(20)21)18-14(19)12(17)9-8-11-5-2-1-3-6-11/h1-3,5-6,12-13H,4,7-10,16-17H2,(H,18,19)(H,20,21)/t12-,13-/m0/s1. The highest BCUT2D eigenvalue weighted by atomic mass is 16.4. The lowest BCUT2D eigenvalue weighted by atomic mass is 10.0. The Bertz CT molecular complexity index is 451. The van der Waals surface area contributed by atoms with Gasteiger partial charge in [0.25, 0.3) is 0 Å². The number of hydrogen-bond donors (Lipinski definition) is 4. The molecule has 0 aliphatic carbocycles. The van der Waals surface area contributed by atoms with Crippen molar-refractivity contribution in [3.05, 3.63) is 35.9 Å². The van der Waals surface area contributed by atoms with Crippen LogP contribution < -0.4 is 16.8 Å². The molecule has 21 heavy (non-hydrogen) atoms. The molecule has 1 amide bonds. The van der Waals surface area contributed by atoms with Crippen LogP contribution >= 0.6 is 0 Å². The molecule has 0 heterocycles. The zero-order valence-electron chi connectivity index (χ0n) is 12.0. The van der Waals surface area contributed by atoms with Crippen molar-refractivity contribution in [3.8, 4) is 0 Å². The molecule has 1 aromatic carbocycles. The third-order valence-electron chi connectivity index (χ3n) is 3.24. The summed E-state index contributed by atoms with van der Waals surface area (Å²) in [5, 5.41) is 11.5. The van der Waals surface area contributed by atoms with Crippen LogP contribution in [0.15, 0.2) is 30.3 Å². The zero-order chi connectivity index (χ0) is 15.7. The van der Waals surface area contributed by atoms with Crippen LogP contribution in [0.2, 0.25) is 0 Å². The van der Waals surface area contributed by atoms with Gasteiger partial charge < -0.3 is 21.9 Å². The van der Waals surface area contributed by atoms with Crippen LogP contribution in [0.4, 0.5) is 0 Å². The van der Waals surface area contributed by atoms with Crippen molar-refractivity contribution < 1.29 is 14.7 Å². The summed E-state index contributed by atoms with van der Waals surface area (Å²) in [7, 11) is 0. The molecular formula is C15H23N3O3. The van der Waals surface area contributed by atoms with Gasteiger partial charge in [-0.05, 0) is 37.8 Å². The lowest BCUT2D eigenvalue weighted by Gasteiger charge is -2.17. The Morgan fingerprint density at radius 2 is 1.86 bits per heavy atom. The maximum atomic E-state index is 11.9. The van der Waals surface area contributed by atoms with Gasteiger partial charge in [-0.15, -0.1) is 0 Å². The number of nitrogens with two attached hydrogens (primary N) is 2. The summed E-state index contributed by atoms with van der Waals surface area (Å²) < 4.78 is 0. The van der Waals surface area contributed by atoms with Crippen LogP contribution in [0.5, 0.6) is 0 Å². The summed E-state index contributed by atoms with van der Waals surface area (Å²) in [6.45, 7) is 0.389. The quantitative estimate of drug-likeness (QED) is 0.520. The molecule has 6 heteroatoms. The molecule has 0 saturated carbocycles. The van der Waals surface area contributed by atoms with Crippen LogP contribution in [0.3, 0.4) is 0 Å². The van der Waals surface area contributed by atoms with E-state index in [1.165, 1.54) is 0 Å². The molecule has 0 fully saturated rings. The molecule has 0 unspecified atom stereocenters. The Morgan fingerprint density at radius 1 is 1.19 bits per heavy atom. The molecule has 1 aromatic rings. The van der Waals surface area contributed by atoms with E-state index in [9.17, 15) is 9.59 Å². The lowest BCUT2D eigenvalue weighted by Crippen LogP contribution is -2.48. The van der Waals surface area contributed by atoms with Gasteiger partial charge in [-0.3, -0.25) is 4.79 Å². The highest BCUT2D eigenvalue weighted by Gasteiger charge is 2.22. The van der Waals surface area contributed by atoms with E-state index in [1.54, 1.807) is 0 Å². The van der Waals surface area contributed by atoms with Crippen molar-refractivity contribution in [2.24, 2.45) is 11.5 Å². The summed E-state index contributed by atoms with van der Waals surface area (Å²) in [5.41, 5.74) is 12.3. The Morgan fingerprint density at radius 3 is 2.43 bits per heavy atom. The molecule has 0 aliphatic rings. The van der Waals surface area contributed by atoms with Gasteiger partial charge in [0.15, 0.2) is 0 Å². The minimum atomic E-state index is -1.06. The molecule has 6 N–H and O–H groups in total. The van der Waals surface area contributed by atoms with Crippen LogP contribution in [0.1, 0.15) is 24.8 Å². The highest BCUT2D eigenvalue weighted by molar-refractivity contribution is 5.86. The van der Waals surface area contributed by atoms with Crippen LogP contribution in [0.25, 0.3) is 0 Å². The molecule has 0 saturated heterocycles. The second-order valence-corrected chi connectivity index (χ2v) is 4.96. The van der Waals surface area contributed by atoms with Gasteiger partial charge in [-0.1, -0.05) is 30.3 Å².